The Hall–Kier alpha value is -1.82. The molecule has 0 atom stereocenters. The van der Waals surface area contributed by atoms with Crippen LogP contribution in [-0.4, -0.2) is 10.2 Å². The molecule has 1 N–H and O–H groups in total. The molecule has 2 rings (SSSR count). The molecule has 0 saturated heterocycles. The first-order valence-corrected chi connectivity index (χ1v) is 4.85. The highest BCUT2D eigenvalue weighted by Gasteiger charge is 2.12. The van der Waals surface area contributed by atoms with E-state index in [4.69, 9.17) is 11.6 Å². The minimum atomic E-state index is -1.06. The zero-order valence-corrected chi connectivity index (χ0v) is 8.97. The second kappa shape index (κ2) is 4.58. The lowest BCUT2D eigenvalue weighted by Crippen LogP contribution is -2.01. The van der Waals surface area contributed by atoms with Crippen molar-refractivity contribution in [2.45, 2.75) is 0 Å². The Bertz CT molecular complexity index is 522. The highest BCUT2D eigenvalue weighted by atomic mass is 35.5. The minimum Gasteiger partial charge on any atom is -0.334 e. The van der Waals surface area contributed by atoms with Gasteiger partial charge in [0.2, 0.25) is 0 Å². The topological polar surface area (TPSA) is 37.8 Å². The Labute approximate surface area is 99.2 Å². The quantitative estimate of drug-likeness (QED) is 0.899. The van der Waals surface area contributed by atoms with Crippen LogP contribution in [0.5, 0.6) is 0 Å². The molecule has 1 aromatic heterocycles. The lowest BCUT2D eigenvalue weighted by Gasteiger charge is -2.07. The number of hydrogen-bond donors (Lipinski definition) is 1. The van der Waals surface area contributed by atoms with Crippen molar-refractivity contribution >= 4 is 23.1 Å². The first-order chi connectivity index (χ1) is 8.06. The molecule has 1 heterocycles. The third-order valence-corrected chi connectivity index (χ3v) is 2.09. The molecule has 0 amide bonds. The molecule has 0 spiro atoms. The van der Waals surface area contributed by atoms with E-state index in [0.29, 0.717) is 12.1 Å². The summed E-state index contributed by atoms with van der Waals surface area (Å²) in [5.74, 6) is -3.01. The molecule has 0 unspecified atom stereocenters. The predicted octanol–water partition coefficient (Wildman–Crippen LogP) is 3.29. The molecule has 0 saturated carbocycles. The first-order valence-electron chi connectivity index (χ1n) is 4.47. The van der Waals surface area contributed by atoms with Crippen LogP contribution in [0.1, 0.15) is 0 Å². The van der Waals surface area contributed by atoms with Crippen LogP contribution in [0.4, 0.5) is 24.7 Å². The van der Waals surface area contributed by atoms with Crippen LogP contribution in [-0.2, 0) is 0 Å². The van der Waals surface area contributed by atoms with Crippen molar-refractivity contribution in [2.75, 3.05) is 5.32 Å². The van der Waals surface area contributed by atoms with Gasteiger partial charge in [0.1, 0.15) is 11.5 Å². The standard InChI is InChI=1S/C10H5ClF3N3/c11-8-1-2-9(17-16-8)15-10-6(13)3-5(12)4-7(10)14/h1-4H,(H,15,17). The van der Waals surface area contributed by atoms with E-state index in [2.05, 4.69) is 15.5 Å². The molecule has 0 aliphatic rings. The van der Waals surface area contributed by atoms with Gasteiger partial charge in [0, 0.05) is 12.1 Å². The summed E-state index contributed by atoms with van der Waals surface area (Å²) in [7, 11) is 0. The van der Waals surface area contributed by atoms with Crippen LogP contribution in [0.25, 0.3) is 0 Å². The van der Waals surface area contributed by atoms with E-state index in [9.17, 15) is 13.2 Å². The number of nitrogens with one attached hydrogen (secondary N) is 1. The van der Waals surface area contributed by atoms with Crippen LogP contribution in [0.3, 0.4) is 0 Å². The molecule has 7 heteroatoms. The summed E-state index contributed by atoms with van der Waals surface area (Å²) in [5.41, 5.74) is -0.497. The molecular weight excluding hydrogens is 255 g/mol. The van der Waals surface area contributed by atoms with Gasteiger partial charge in [-0.2, -0.15) is 0 Å². The van der Waals surface area contributed by atoms with Crippen molar-refractivity contribution in [3.8, 4) is 0 Å². The smallest absolute Gasteiger partial charge is 0.153 e. The highest BCUT2D eigenvalue weighted by Crippen LogP contribution is 2.23. The molecule has 88 valence electrons. The molecule has 2 aromatic rings. The maximum atomic E-state index is 13.3. The van der Waals surface area contributed by atoms with Crippen molar-refractivity contribution in [1.29, 1.82) is 0 Å². The largest absolute Gasteiger partial charge is 0.334 e. The number of rotatable bonds is 2. The fourth-order valence-corrected chi connectivity index (χ4v) is 1.27. The van der Waals surface area contributed by atoms with Crippen LogP contribution in [0, 0.1) is 17.5 Å². The van der Waals surface area contributed by atoms with Crippen LogP contribution in [0.15, 0.2) is 24.3 Å². The van der Waals surface area contributed by atoms with E-state index < -0.39 is 23.1 Å². The Kier molecular flexibility index (Phi) is 3.14. The molecule has 0 bridgehead atoms. The maximum absolute atomic E-state index is 13.3. The summed E-state index contributed by atoms with van der Waals surface area (Å²) in [4.78, 5) is 0. The Balaban J connectivity index is 2.33. The zero-order chi connectivity index (χ0) is 12.4. The molecule has 0 fully saturated rings. The van der Waals surface area contributed by atoms with Crippen molar-refractivity contribution in [3.63, 3.8) is 0 Å². The van der Waals surface area contributed by atoms with Gasteiger partial charge in [-0.05, 0) is 12.1 Å². The number of halogens is 4. The van der Waals surface area contributed by atoms with Crippen molar-refractivity contribution in [2.24, 2.45) is 0 Å². The Morgan fingerprint density at radius 1 is 1.00 bits per heavy atom. The second-order valence-electron chi connectivity index (χ2n) is 3.11. The van der Waals surface area contributed by atoms with Crippen molar-refractivity contribution in [1.82, 2.24) is 10.2 Å². The van der Waals surface area contributed by atoms with Crippen LogP contribution < -0.4 is 5.32 Å². The molecule has 0 aliphatic heterocycles. The molecule has 0 radical (unpaired) electrons. The first kappa shape index (κ1) is 11.7. The highest BCUT2D eigenvalue weighted by molar-refractivity contribution is 6.29. The third kappa shape index (κ3) is 2.65. The van der Waals surface area contributed by atoms with Gasteiger partial charge in [0.15, 0.2) is 22.6 Å². The van der Waals surface area contributed by atoms with Gasteiger partial charge in [0.05, 0.1) is 0 Å². The van der Waals surface area contributed by atoms with E-state index in [-0.39, 0.29) is 11.0 Å². The fraction of sp³-hybridized carbons (Fsp3) is 0. The third-order valence-electron chi connectivity index (χ3n) is 1.89. The van der Waals surface area contributed by atoms with Gasteiger partial charge in [-0.3, -0.25) is 0 Å². The van der Waals surface area contributed by atoms with E-state index in [1.54, 1.807) is 0 Å². The minimum absolute atomic E-state index is 0.0961. The normalized spacial score (nSPS) is 10.4. The zero-order valence-electron chi connectivity index (χ0n) is 8.22. The lowest BCUT2D eigenvalue weighted by atomic mass is 10.2. The molecule has 17 heavy (non-hydrogen) atoms. The average Bonchev–Trinajstić information content (AvgIpc) is 2.26. The van der Waals surface area contributed by atoms with Crippen molar-refractivity contribution in [3.05, 3.63) is 46.9 Å². The summed E-state index contributed by atoms with van der Waals surface area (Å²) >= 11 is 5.50. The summed E-state index contributed by atoms with van der Waals surface area (Å²) in [6.07, 6.45) is 0. The molecule has 1 aromatic carbocycles. The van der Waals surface area contributed by atoms with Crippen LogP contribution >= 0.6 is 11.6 Å². The van der Waals surface area contributed by atoms with E-state index in [1.807, 2.05) is 0 Å². The number of nitrogens with zero attached hydrogens (tertiary/aromatic N) is 2. The number of hydrogen-bond acceptors (Lipinski definition) is 3. The second-order valence-corrected chi connectivity index (χ2v) is 3.50. The number of anilines is 2. The summed E-state index contributed by atoms with van der Waals surface area (Å²) in [6, 6.07) is 3.91. The van der Waals surface area contributed by atoms with E-state index >= 15 is 0 Å². The average molecular weight is 260 g/mol. The van der Waals surface area contributed by atoms with Crippen molar-refractivity contribution < 1.29 is 13.2 Å². The number of benzene rings is 1. The van der Waals surface area contributed by atoms with Gasteiger partial charge in [-0.1, -0.05) is 11.6 Å². The SMILES string of the molecule is Fc1cc(F)c(Nc2ccc(Cl)nn2)c(F)c1. The van der Waals surface area contributed by atoms with Gasteiger partial charge >= 0.3 is 0 Å². The summed E-state index contributed by atoms with van der Waals surface area (Å²) in [6.45, 7) is 0. The fourth-order valence-electron chi connectivity index (χ4n) is 1.17. The summed E-state index contributed by atoms with van der Waals surface area (Å²) < 4.78 is 39.2. The molecular formula is C10H5ClF3N3. The predicted molar refractivity (Wildman–Crippen MR) is 56.6 cm³/mol. The Morgan fingerprint density at radius 3 is 2.18 bits per heavy atom. The van der Waals surface area contributed by atoms with Gasteiger partial charge < -0.3 is 5.32 Å². The molecule has 0 aliphatic carbocycles. The van der Waals surface area contributed by atoms with Gasteiger partial charge in [-0.15, -0.1) is 10.2 Å². The molecule has 3 nitrogen and oxygen atoms in total. The van der Waals surface area contributed by atoms with E-state index in [0.717, 1.165) is 0 Å². The Morgan fingerprint density at radius 2 is 1.65 bits per heavy atom. The van der Waals surface area contributed by atoms with Crippen LogP contribution in [0.2, 0.25) is 5.15 Å². The number of aromatic nitrogens is 2. The maximum Gasteiger partial charge on any atom is 0.153 e. The summed E-state index contributed by atoms with van der Waals surface area (Å²) in [5, 5.41) is 9.54. The van der Waals surface area contributed by atoms with E-state index in [1.165, 1.54) is 12.1 Å². The van der Waals surface area contributed by atoms with Gasteiger partial charge in [0.25, 0.3) is 0 Å². The monoisotopic (exact) mass is 259 g/mol. The lowest BCUT2D eigenvalue weighted by molar-refractivity contribution is 0.548. The van der Waals surface area contributed by atoms with Gasteiger partial charge in [-0.25, -0.2) is 13.2 Å².